The fraction of sp³-hybridized carbons (Fsp3) is 0.524. The summed E-state index contributed by atoms with van der Waals surface area (Å²) in [5.74, 6) is 0.967. The van der Waals surface area contributed by atoms with E-state index in [1.165, 1.54) is 10.4 Å². The van der Waals surface area contributed by atoms with Gasteiger partial charge in [-0.3, -0.25) is 4.90 Å². The van der Waals surface area contributed by atoms with Crippen molar-refractivity contribution in [3.8, 4) is 5.88 Å². The highest BCUT2D eigenvalue weighted by atomic mass is 32.2. The first kappa shape index (κ1) is 21.6. The Morgan fingerprint density at radius 2 is 1.84 bits per heavy atom. The van der Waals surface area contributed by atoms with Gasteiger partial charge in [0.15, 0.2) is 0 Å². The van der Waals surface area contributed by atoms with E-state index in [9.17, 15) is 21.6 Å². The van der Waals surface area contributed by atoms with Crippen LogP contribution in [-0.4, -0.2) is 66.1 Å². The van der Waals surface area contributed by atoms with E-state index in [1.54, 1.807) is 0 Å². The maximum atomic E-state index is 13.0. The lowest BCUT2D eigenvalue weighted by Gasteiger charge is -2.36. The zero-order valence-electron chi connectivity index (χ0n) is 17.2. The topological polar surface area (TPSA) is 75.6 Å². The third kappa shape index (κ3) is 4.33. The Labute approximate surface area is 184 Å². The van der Waals surface area contributed by atoms with Gasteiger partial charge in [0.25, 0.3) is 0 Å². The minimum Gasteiger partial charge on any atom is -0.472 e. The third-order valence-corrected chi connectivity index (χ3v) is 8.14. The number of rotatable bonds is 5. The maximum Gasteiger partial charge on any atom is 0.416 e. The van der Waals surface area contributed by atoms with Crippen LogP contribution in [0.2, 0.25) is 0 Å². The number of hydrogen-bond donors (Lipinski definition) is 0. The summed E-state index contributed by atoms with van der Waals surface area (Å²) in [5, 5.41) is 8.37. The predicted octanol–water partition coefficient (Wildman–Crippen LogP) is 2.90. The van der Waals surface area contributed by atoms with Crippen LogP contribution >= 0.6 is 0 Å². The van der Waals surface area contributed by atoms with Crippen LogP contribution in [0.25, 0.3) is 0 Å². The predicted molar refractivity (Wildman–Crippen MR) is 109 cm³/mol. The van der Waals surface area contributed by atoms with Gasteiger partial charge in [-0.15, -0.1) is 5.10 Å². The summed E-state index contributed by atoms with van der Waals surface area (Å²) < 4.78 is 72.3. The molecule has 1 aromatic heterocycles. The Bertz CT molecular complexity index is 1090. The van der Waals surface area contributed by atoms with Gasteiger partial charge in [0.2, 0.25) is 15.9 Å². The fourth-order valence-corrected chi connectivity index (χ4v) is 5.93. The number of halogens is 3. The first-order valence-corrected chi connectivity index (χ1v) is 12.1. The van der Waals surface area contributed by atoms with E-state index < -0.39 is 21.8 Å². The molecule has 0 bridgehead atoms. The zero-order valence-corrected chi connectivity index (χ0v) is 18.0. The van der Waals surface area contributed by atoms with Crippen LogP contribution in [0.15, 0.2) is 41.3 Å². The van der Waals surface area contributed by atoms with Crippen LogP contribution in [0.3, 0.4) is 0 Å². The highest BCUT2D eigenvalue weighted by Gasteiger charge is 2.41. The number of fused-ring (bicyclic) bond motifs is 1. The molecule has 7 nitrogen and oxygen atoms in total. The molecule has 3 aliphatic rings. The lowest BCUT2D eigenvalue weighted by molar-refractivity contribution is -0.137. The molecule has 32 heavy (non-hydrogen) atoms. The molecule has 0 N–H and O–H groups in total. The van der Waals surface area contributed by atoms with E-state index in [0.717, 1.165) is 30.7 Å². The second kappa shape index (κ2) is 7.96. The van der Waals surface area contributed by atoms with Gasteiger partial charge in [-0.05, 0) is 37.1 Å². The van der Waals surface area contributed by atoms with Gasteiger partial charge in [-0.2, -0.15) is 22.6 Å². The van der Waals surface area contributed by atoms with Crippen LogP contribution in [0, 0.1) is 0 Å². The molecule has 2 saturated heterocycles. The summed E-state index contributed by atoms with van der Waals surface area (Å²) in [6, 6.07) is 7.60. The smallest absolute Gasteiger partial charge is 0.416 e. The van der Waals surface area contributed by atoms with E-state index in [2.05, 4.69) is 15.1 Å². The molecule has 3 heterocycles. The molecule has 0 radical (unpaired) electrons. The van der Waals surface area contributed by atoms with Gasteiger partial charge in [-0.25, -0.2) is 8.42 Å². The van der Waals surface area contributed by atoms with Gasteiger partial charge in [0, 0.05) is 50.6 Å². The third-order valence-electron chi connectivity index (χ3n) is 6.28. The van der Waals surface area contributed by atoms with Gasteiger partial charge < -0.3 is 4.74 Å². The molecule has 11 heteroatoms. The van der Waals surface area contributed by atoms with Crippen molar-refractivity contribution in [3.05, 3.63) is 47.7 Å². The molecule has 0 amide bonds. The largest absolute Gasteiger partial charge is 0.472 e. The summed E-state index contributed by atoms with van der Waals surface area (Å²) in [4.78, 5) is 1.83. The van der Waals surface area contributed by atoms with Gasteiger partial charge in [0.05, 0.1) is 16.2 Å². The molecule has 0 unspecified atom stereocenters. The second-order valence-electron chi connectivity index (χ2n) is 8.58. The summed E-state index contributed by atoms with van der Waals surface area (Å²) in [6.45, 7) is 1.58. The van der Waals surface area contributed by atoms with Crippen molar-refractivity contribution >= 4 is 10.0 Å². The fourth-order valence-electron chi connectivity index (χ4n) is 4.41. The molecule has 5 rings (SSSR count). The van der Waals surface area contributed by atoms with E-state index in [1.807, 2.05) is 12.1 Å². The average Bonchev–Trinajstić information content (AvgIpc) is 3.53. The average molecular weight is 469 g/mol. The number of benzene rings is 1. The molecule has 172 valence electrons. The highest BCUT2D eigenvalue weighted by Crippen LogP contribution is 2.39. The molecule has 1 saturated carbocycles. The SMILES string of the molecule is O=S(=O)(c1cccc(C(F)(F)F)c1)N1CCN2C[C@@H](Oc3ccc(C4CC4)nn3)C[C@H]2C1. The van der Waals surface area contributed by atoms with Crippen LogP contribution in [0.1, 0.15) is 36.4 Å². The Morgan fingerprint density at radius 1 is 1.03 bits per heavy atom. The van der Waals surface area contributed by atoms with Crippen LogP contribution in [-0.2, 0) is 16.2 Å². The van der Waals surface area contributed by atoms with Crippen molar-refractivity contribution < 1.29 is 26.3 Å². The summed E-state index contributed by atoms with van der Waals surface area (Å²) >= 11 is 0. The second-order valence-corrected chi connectivity index (χ2v) is 10.5. The monoisotopic (exact) mass is 468 g/mol. The van der Waals surface area contributed by atoms with Gasteiger partial charge in [-0.1, -0.05) is 6.07 Å². The molecular weight excluding hydrogens is 445 g/mol. The number of piperazine rings is 1. The van der Waals surface area contributed by atoms with E-state index in [-0.39, 0.29) is 30.1 Å². The number of nitrogens with zero attached hydrogens (tertiary/aromatic N) is 4. The molecule has 0 spiro atoms. The quantitative estimate of drug-likeness (QED) is 0.672. The molecule has 3 fully saturated rings. The van der Waals surface area contributed by atoms with E-state index >= 15 is 0 Å². The van der Waals surface area contributed by atoms with Crippen molar-refractivity contribution in [1.82, 2.24) is 19.4 Å². The van der Waals surface area contributed by atoms with Crippen LogP contribution in [0.4, 0.5) is 13.2 Å². The number of sulfonamides is 1. The molecule has 2 atom stereocenters. The van der Waals surface area contributed by atoms with Crippen LogP contribution < -0.4 is 4.74 Å². The number of ether oxygens (including phenoxy) is 1. The Balaban J connectivity index is 1.24. The summed E-state index contributed by atoms with van der Waals surface area (Å²) in [6.07, 6.45) is -1.83. The summed E-state index contributed by atoms with van der Waals surface area (Å²) in [5.41, 5.74) is 0.0111. The molecule has 1 aliphatic carbocycles. The normalized spacial score (nSPS) is 25.0. The molecule has 2 aliphatic heterocycles. The van der Waals surface area contributed by atoms with Crippen molar-refractivity contribution in [2.24, 2.45) is 0 Å². The zero-order chi connectivity index (χ0) is 22.5. The van der Waals surface area contributed by atoms with Crippen molar-refractivity contribution in [1.29, 1.82) is 0 Å². The Morgan fingerprint density at radius 3 is 2.53 bits per heavy atom. The number of aromatic nitrogens is 2. The highest BCUT2D eigenvalue weighted by molar-refractivity contribution is 7.89. The Hall–Kier alpha value is -2.24. The van der Waals surface area contributed by atoms with Crippen molar-refractivity contribution in [2.45, 2.75) is 48.4 Å². The Kier molecular flexibility index (Phi) is 5.37. The van der Waals surface area contributed by atoms with E-state index in [4.69, 9.17) is 4.74 Å². The minimum atomic E-state index is -4.60. The first-order valence-electron chi connectivity index (χ1n) is 10.6. The first-order chi connectivity index (χ1) is 15.2. The summed E-state index contributed by atoms with van der Waals surface area (Å²) in [7, 11) is -4.02. The number of hydrogen-bond acceptors (Lipinski definition) is 6. The number of alkyl halides is 3. The van der Waals surface area contributed by atoms with Gasteiger partial charge in [0.1, 0.15) is 6.10 Å². The minimum absolute atomic E-state index is 0.0620. The molecule has 1 aromatic carbocycles. The lowest BCUT2D eigenvalue weighted by atomic mass is 10.2. The van der Waals surface area contributed by atoms with Crippen molar-refractivity contribution in [2.75, 3.05) is 26.2 Å². The lowest BCUT2D eigenvalue weighted by Crippen LogP contribution is -2.51. The molecule has 2 aromatic rings. The van der Waals surface area contributed by atoms with Gasteiger partial charge >= 0.3 is 6.18 Å². The van der Waals surface area contributed by atoms with Crippen molar-refractivity contribution in [3.63, 3.8) is 0 Å². The molecular formula is C21H23F3N4O3S. The maximum absolute atomic E-state index is 13.0. The standard InChI is InChI=1S/C21H23F3N4O3S/c22-21(23,24)15-2-1-3-18(10-15)32(29,30)28-9-8-27-13-17(11-16(27)12-28)31-20-7-6-19(25-26-20)14-4-5-14/h1-3,6-7,10,14,16-17H,4-5,8-9,11-13H2/t16-,17-/m0/s1. The van der Waals surface area contributed by atoms with E-state index in [0.29, 0.717) is 37.4 Å². The van der Waals surface area contributed by atoms with Crippen LogP contribution in [0.5, 0.6) is 5.88 Å².